The van der Waals surface area contributed by atoms with E-state index in [2.05, 4.69) is 6.58 Å². The molecule has 0 saturated carbocycles. The minimum atomic E-state index is -3.02. The summed E-state index contributed by atoms with van der Waals surface area (Å²) >= 11 is 5.86. The van der Waals surface area contributed by atoms with Crippen molar-refractivity contribution in [3.8, 4) is 5.75 Å². The Kier molecular flexibility index (Phi) is 4.52. The number of halogens is 3. The lowest BCUT2D eigenvalue weighted by Crippen LogP contribution is -2.26. The quantitative estimate of drug-likeness (QED) is 0.709. The topological polar surface area (TPSA) is 9.23 Å². The maximum atomic E-state index is 13.3. The third-order valence-electron chi connectivity index (χ3n) is 2.38. The second-order valence-corrected chi connectivity index (χ2v) is 4.36. The molecule has 1 rings (SSSR count). The zero-order chi connectivity index (χ0) is 13.1. The summed E-state index contributed by atoms with van der Waals surface area (Å²) in [4.78, 5) is 0. The third-order valence-corrected chi connectivity index (χ3v) is 2.60. The standard InChI is InChI=1S/C13H15ClF2O/c1-4-10-5-11(14)7-12(6-10)17-8-13(15,16)9(2)3/h5-7H,2,4,8H2,1,3H3. The fourth-order valence-corrected chi connectivity index (χ4v) is 1.45. The van der Waals surface area contributed by atoms with Gasteiger partial charge in [-0.1, -0.05) is 25.1 Å². The van der Waals surface area contributed by atoms with Gasteiger partial charge >= 0.3 is 5.92 Å². The molecule has 0 aliphatic rings. The summed E-state index contributed by atoms with van der Waals surface area (Å²) in [5.74, 6) is -2.66. The highest BCUT2D eigenvalue weighted by molar-refractivity contribution is 6.30. The number of hydrogen-bond donors (Lipinski definition) is 0. The predicted molar refractivity (Wildman–Crippen MR) is 66.1 cm³/mol. The first-order chi connectivity index (χ1) is 7.85. The molecule has 1 aromatic carbocycles. The number of benzene rings is 1. The highest BCUT2D eigenvalue weighted by atomic mass is 35.5. The molecule has 0 radical (unpaired) electrons. The summed E-state index contributed by atoms with van der Waals surface area (Å²) in [7, 11) is 0. The summed E-state index contributed by atoms with van der Waals surface area (Å²) in [6, 6.07) is 5.01. The van der Waals surface area contributed by atoms with Gasteiger partial charge in [0, 0.05) is 5.02 Å². The Bertz CT molecular complexity index is 416. The molecule has 17 heavy (non-hydrogen) atoms. The van der Waals surface area contributed by atoms with E-state index >= 15 is 0 Å². The molecule has 0 amide bonds. The molecule has 0 bridgehead atoms. The van der Waals surface area contributed by atoms with Crippen LogP contribution in [0.25, 0.3) is 0 Å². The molecule has 1 aromatic rings. The van der Waals surface area contributed by atoms with Gasteiger partial charge < -0.3 is 4.74 Å². The van der Waals surface area contributed by atoms with Gasteiger partial charge in [-0.25, -0.2) is 0 Å². The lowest BCUT2D eigenvalue weighted by atomic mass is 10.1. The molecule has 0 aliphatic heterocycles. The van der Waals surface area contributed by atoms with Crippen molar-refractivity contribution < 1.29 is 13.5 Å². The van der Waals surface area contributed by atoms with Crippen LogP contribution in [-0.4, -0.2) is 12.5 Å². The molecular formula is C13H15ClF2O. The highest BCUT2D eigenvalue weighted by Crippen LogP contribution is 2.26. The Hall–Kier alpha value is -1.09. The molecule has 4 heteroatoms. The monoisotopic (exact) mass is 260 g/mol. The van der Waals surface area contributed by atoms with Gasteiger partial charge in [-0.2, -0.15) is 8.78 Å². The van der Waals surface area contributed by atoms with Gasteiger partial charge in [0.15, 0.2) is 6.61 Å². The fraction of sp³-hybridized carbons (Fsp3) is 0.385. The van der Waals surface area contributed by atoms with Crippen LogP contribution in [-0.2, 0) is 6.42 Å². The van der Waals surface area contributed by atoms with Crippen LogP contribution < -0.4 is 4.74 Å². The zero-order valence-electron chi connectivity index (χ0n) is 9.90. The number of ether oxygens (including phenoxy) is 1. The van der Waals surface area contributed by atoms with Crippen LogP contribution in [0.4, 0.5) is 8.78 Å². The Morgan fingerprint density at radius 2 is 2.06 bits per heavy atom. The van der Waals surface area contributed by atoms with Crippen LogP contribution in [0.5, 0.6) is 5.75 Å². The van der Waals surface area contributed by atoms with Crippen molar-refractivity contribution in [3.05, 3.63) is 40.9 Å². The molecule has 0 aromatic heterocycles. The molecule has 0 saturated heterocycles. The average Bonchev–Trinajstić information content (AvgIpc) is 2.25. The van der Waals surface area contributed by atoms with Gasteiger partial charge in [-0.15, -0.1) is 0 Å². The number of alkyl halides is 2. The first-order valence-corrected chi connectivity index (χ1v) is 5.69. The van der Waals surface area contributed by atoms with Gasteiger partial charge in [0.1, 0.15) is 5.75 Å². The summed E-state index contributed by atoms with van der Waals surface area (Å²) in [6.07, 6.45) is 0.772. The van der Waals surface area contributed by atoms with Gasteiger partial charge in [-0.05, 0) is 42.7 Å². The van der Waals surface area contributed by atoms with E-state index in [-0.39, 0.29) is 5.57 Å². The van der Waals surface area contributed by atoms with E-state index in [1.54, 1.807) is 12.1 Å². The Morgan fingerprint density at radius 3 is 2.59 bits per heavy atom. The van der Waals surface area contributed by atoms with E-state index in [9.17, 15) is 8.78 Å². The predicted octanol–water partition coefficient (Wildman–Crippen LogP) is 4.49. The van der Waals surface area contributed by atoms with Gasteiger partial charge in [0.2, 0.25) is 0 Å². The maximum absolute atomic E-state index is 13.3. The minimum Gasteiger partial charge on any atom is -0.487 e. The van der Waals surface area contributed by atoms with Crippen molar-refractivity contribution in [2.45, 2.75) is 26.2 Å². The lowest BCUT2D eigenvalue weighted by Gasteiger charge is -2.17. The SMILES string of the molecule is C=C(C)C(F)(F)COc1cc(Cl)cc(CC)c1. The zero-order valence-corrected chi connectivity index (χ0v) is 10.7. The summed E-state index contributed by atoms with van der Waals surface area (Å²) in [5.41, 5.74) is 0.737. The molecular weight excluding hydrogens is 246 g/mol. The largest absolute Gasteiger partial charge is 0.487 e. The molecule has 0 atom stereocenters. The maximum Gasteiger partial charge on any atom is 0.302 e. The van der Waals surface area contributed by atoms with Crippen LogP contribution in [0.1, 0.15) is 19.4 Å². The van der Waals surface area contributed by atoms with E-state index in [4.69, 9.17) is 16.3 Å². The van der Waals surface area contributed by atoms with E-state index in [0.29, 0.717) is 10.8 Å². The molecule has 0 aliphatic carbocycles. The van der Waals surface area contributed by atoms with E-state index in [0.717, 1.165) is 12.0 Å². The lowest BCUT2D eigenvalue weighted by molar-refractivity contribution is -0.00556. The van der Waals surface area contributed by atoms with Crippen LogP contribution in [0.3, 0.4) is 0 Å². The van der Waals surface area contributed by atoms with Crippen molar-refractivity contribution in [2.24, 2.45) is 0 Å². The Balaban J connectivity index is 2.76. The van der Waals surface area contributed by atoms with Gasteiger partial charge in [-0.3, -0.25) is 0 Å². The molecule has 1 nitrogen and oxygen atoms in total. The van der Waals surface area contributed by atoms with E-state index < -0.39 is 12.5 Å². The molecule has 0 spiro atoms. The van der Waals surface area contributed by atoms with E-state index in [1.165, 1.54) is 13.0 Å². The second kappa shape index (κ2) is 5.50. The molecule has 94 valence electrons. The highest BCUT2D eigenvalue weighted by Gasteiger charge is 2.31. The summed E-state index contributed by atoms with van der Waals surface area (Å²) in [5, 5.41) is 0.484. The molecule has 0 N–H and O–H groups in total. The van der Waals surface area contributed by atoms with Crippen molar-refractivity contribution in [3.63, 3.8) is 0 Å². The Labute approximate surface area is 105 Å². The van der Waals surface area contributed by atoms with Crippen molar-refractivity contribution >= 4 is 11.6 Å². The van der Waals surface area contributed by atoms with Gasteiger partial charge in [0.25, 0.3) is 0 Å². The summed E-state index contributed by atoms with van der Waals surface area (Å²) < 4.78 is 31.6. The first-order valence-electron chi connectivity index (χ1n) is 5.31. The number of aryl methyl sites for hydroxylation is 1. The van der Waals surface area contributed by atoms with Crippen LogP contribution in [0, 0.1) is 0 Å². The number of rotatable bonds is 5. The molecule has 0 heterocycles. The van der Waals surface area contributed by atoms with Crippen molar-refractivity contribution in [1.29, 1.82) is 0 Å². The normalized spacial score (nSPS) is 11.4. The van der Waals surface area contributed by atoms with Crippen molar-refractivity contribution in [1.82, 2.24) is 0 Å². The first kappa shape index (κ1) is 14.0. The average molecular weight is 261 g/mol. The molecule has 0 unspecified atom stereocenters. The second-order valence-electron chi connectivity index (χ2n) is 3.92. The smallest absolute Gasteiger partial charge is 0.302 e. The van der Waals surface area contributed by atoms with Crippen LogP contribution in [0.2, 0.25) is 5.02 Å². The van der Waals surface area contributed by atoms with Crippen LogP contribution in [0.15, 0.2) is 30.4 Å². The molecule has 0 fully saturated rings. The van der Waals surface area contributed by atoms with E-state index in [1.807, 2.05) is 6.92 Å². The minimum absolute atomic E-state index is 0.213. The van der Waals surface area contributed by atoms with Crippen molar-refractivity contribution in [2.75, 3.05) is 6.61 Å². The van der Waals surface area contributed by atoms with Gasteiger partial charge in [0.05, 0.1) is 0 Å². The van der Waals surface area contributed by atoms with Crippen LogP contribution >= 0.6 is 11.6 Å². The Morgan fingerprint density at radius 1 is 1.41 bits per heavy atom. The third kappa shape index (κ3) is 4.00. The fourth-order valence-electron chi connectivity index (χ4n) is 1.21. The summed E-state index contributed by atoms with van der Waals surface area (Å²) in [6.45, 7) is 5.75. The number of hydrogen-bond acceptors (Lipinski definition) is 1.